The SMILES string of the molecule is CCN[C@H](C)CNC(=O)c1ccc(Cl)cc1Cl.Cl. The molecule has 0 heterocycles. The summed E-state index contributed by atoms with van der Waals surface area (Å²) in [5, 5.41) is 6.91. The standard InChI is InChI=1S/C12H16Cl2N2O.ClH/c1-3-15-8(2)7-16-12(17)10-5-4-9(13)6-11(10)14;/h4-6,8,15H,3,7H2,1-2H3,(H,16,17);1H/t8-;/m1./s1. The van der Waals surface area contributed by atoms with Crippen LogP contribution in [0.2, 0.25) is 10.0 Å². The Bertz CT molecular complexity index is 399. The van der Waals surface area contributed by atoms with Gasteiger partial charge in [-0.2, -0.15) is 0 Å². The lowest BCUT2D eigenvalue weighted by Gasteiger charge is -2.13. The molecule has 2 N–H and O–H groups in total. The summed E-state index contributed by atoms with van der Waals surface area (Å²) in [6.45, 7) is 5.46. The molecule has 3 nitrogen and oxygen atoms in total. The molecule has 1 rings (SSSR count). The molecule has 0 unspecified atom stereocenters. The average Bonchev–Trinajstić information content (AvgIpc) is 2.26. The van der Waals surface area contributed by atoms with Gasteiger partial charge in [-0.1, -0.05) is 30.1 Å². The van der Waals surface area contributed by atoms with E-state index in [-0.39, 0.29) is 24.4 Å². The second-order valence-electron chi connectivity index (χ2n) is 3.79. The monoisotopic (exact) mass is 310 g/mol. The molecule has 102 valence electrons. The summed E-state index contributed by atoms with van der Waals surface area (Å²) in [5.74, 6) is -0.184. The number of rotatable bonds is 5. The maximum atomic E-state index is 11.8. The summed E-state index contributed by atoms with van der Waals surface area (Å²) >= 11 is 11.7. The molecular weight excluding hydrogens is 295 g/mol. The van der Waals surface area contributed by atoms with Crippen molar-refractivity contribution >= 4 is 41.5 Å². The Morgan fingerprint density at radius 2 is 2.06 bits per heavy atom. The van der Waals surface area contributed by atoms with Gasteiger partial charge in [0.2, 0.25) is 0 Å². The number of benzene rings is 1. The Labute approximate surface area is 124 Å². The van der Waals surface area contributed by atoms with Crippen molar-refractivity contribution in [3.8, 4) is 0 Å². The van der Waals surface area contributed by atoms with E-state index in [1.54, 1.807) is 18.2 Å². The molecule has 0 aliphatic heterocycles. The van der Waals surface area contributed by atoms with Crippen LogP contribution in [-0.4, -0.2) is 25.0 Å². The van der Waals surface area contributed by atoms with E-state index in [4.69, 9.17) is 23.2 Å². The van der Waals surface area contributed by atoms with E-state index in [9.17, 15) is 4.79 Å². The maximum Gasteiger partial charge on any atom is 0.252 e. The van der Waals surface area contributed by atoms with Gasteiger partial charge in [0.05, 0.1) is 10.6 Å². The van der Waals surface area contributed by atoms with Gasteiger partial charge in [-0.05, 0) is 31.7 Å². The summed E-state index contributed by atoms with van der Waals surface area (Å²) in [5.41, 5.74) is 0.444. The molecular formula is C12H17Cl3N2O. The lowest BCUT2D eigenvalue weighted by atomic mass is 10.2. The number of amides is 1. The highest BCUT2D eigenvalue weighted by atomic mass is 35.5. The van der Waals surface area contributed by atoms with E-state index in [2.05, 4.69) is 10.6 Å². The number of nitrogens with one attached hydrogen (secondary N) is 2. The van der Waals surface area contributed by atoms with Crippen LogP contribution in [-0.2, 0) is 0 Å². The van der Waals surface area contributed by atoms with Crippen LogP contribution in [0.25, 0.3) is 0 Å². The van der Waals surface area contributed by atoms with Crippen LogP contribution < -0.4 is 10.6 Å². The number of halogens is 3. The van der Waals surface area contributed by atoms with Crippen molar-refractivity contribution in [3.63, 3.8) is 0 Å². The average molecular weight is 312 g/mol. The van der Waals surface area contributed by atoms with Gasteiger partial charge in [-0.3, -0.25) is 4.79 Å². The number of carbonyl (C=O) groups excluding carboxylic acids is 1. The first-order chi connectivity index (χ1) is 8.04. The van der Waals surface area contributed by atoms with Crippen molar-refractivity contribution in [1.82, 2.24) is 10.6 Å². The molecule has 18 heavy (non-hydrogen) atoms. The minimum atomic E-state index is -0.184. The summed E-state index contributed by atoms with van der Waals surface area (Å²) in [7, 11) is 0. The molecule has 1 aromatic rings. The zero-order chi connectivity index (χ0) is 12.8. The molecule has 1 atom stereocenters. The third-order valence-corrected chi connectivity index (χ3v) is 2.84. The van der Waals surface area contributed by atoms with Gasteiger partial charge in [0, 0.05) is 17.6 Å². The topological polar surface area (TPSA) is 41.1 Å². The van der Waals surface area contributed by atoms with Gasteiger partial charge < -0.3 is 10.6 Å². The van der Waals surface area contributed by atoms with Crippen molar-refractivity contribution in [2.45, 2.75) is 19.9 Å². The molecule has 0 spiro atoms. The van der Waals surface area contributed by atoms with Crippen LogP contribution >= 0.6 is 35.6 Å². The van der Waals surface area contributed by atoms with Crippen LogP contribution in [0.3, 0.4) is 0 Å². The fraction of sp³-hybridized carbons (Fsp3) is 0.417. The van der Waals surface area contributed by atoms with E-state index in [1.807, 2.05) is 13.8 Å². The highest BCUT2D eigenvalue weighted by molar-refractivity contribution is 6.36. The molecule has 0 bridgehead atoms. The Hall–Kier alpha value is -0.480. The number of hydrogen-bond donors (Lipinski definition) is 2. The van der Waals surface area contributed by atoms with Gasteiger partial charge in [0.25, 0.3) is 5.91 Å². The number of hydrogen-bond acceptors (Lipinski definition) is 2. The predicted molar refractivity (Wildman–Crippen MR) is 79.2 cm³/mol. The minimum Gasteiger partial charge on any atom is -0.350 e. The van der Waals surface area contributed by atoms with Crippen molar-refractivity contribution in [3.05, 3.63) is 33.8 Å². The van der Waals surface area contributed by atoms with Crippen molar-refractivity contribution in [1.29, 1.82) is 0 Å². The Morgan fingerprint density at radius 1 is 1.39 bits per heavy atom. The maximum absolute atomic E-state index is 11.8. The smallest absolute Gasteiger partial charge is 0.252 e. The normalized spacial score (nSPS) is 11.6. The van der Waals surface area contributed by atoms with E-state index < -0.39 is 0 Å². The Balaban J connectivity index is 0.00000289. The highest BCUT2D eigenvalue weighted by Crippen LogP contribution is 2.20. The van der Waals surface area contributed by atoms with Gasteiger partial charge in [0.15, 0.2) is 0 Å². The first-order valence-electron chi connectivity index (χ1n) is 5.51. The lowest BCUT2D eigenvalue weighted by Crippen LogP contribution is -2.38. The van der Waals surface area contributed by atoms with Crippen molar-refractivity contribution < 1.29 is 4.79 Å². The third-order valence-electron chi connectivity index (χ3n) is 2.30. The molecule has 1 amide bonds. The summed E-state index contributed by atoms with van der Waals surface area (Å²) < 4.78 is 0. The quantitative estimate of drug-likeness (QED) is 0.877. The Kier molecular flexibility index (Phi) is 8.36. The molecule has 0 saturated heterocycles. The van der Waals surface area contributed by atoms with E-state index in [0.29, 0.717) is 22.2 Å². The molecule has 0 aliphatic carbocycles. The second-order valence-corrected chi connectivity index (χ2v) is 4.64. The lowest BCUT2D eigenvalue weighted by molar-refractivity contribution is 0.0950. The zero-order valence-corrected chi connectivity index (χ0v) is 12.6. The van der Waals surface area contributed by atoms with Crippen LogP contribution in [0, 0.1) is 0 Å². The van der Waals surface area contributed by atoms with Crippen molar-refractivity contribution in [2.24, 2.45) is 0 Å². The number of carbonyl (C=O) groups is 1. The molecule has 6 heteroatoms. The minimum absolute atomic E-state index is 0. The van der Waals surface area contributed by atoms with Crippen LogP contribution in [0.5, 0.6) is 0 Å². The molecule has 0 aliphatic rings. The van der Waals surface area contributed by atoms with E-state index in [0.717, 1.165) is 6.54 Å². The third kappa shape index (κ3) is 5.44. The molecule has 0 fully saturated rings. The van der Waals surface area contributed by atoms with Crippen LogP contribution in [0.15, 0.2) is 18.2 Å². The fourth-order valence-corrected chi connectivity index (χ4v) is 1.93. The Morgan fingerprint density at radius 3 is 2.61 bits per heavy atom. The molecule has 1 aromatic carbocycles. The van der Waals surface area contributed by atoms with Crippen molar-refractivity contribution in [2.75, 3.05) is 13.1 Å². The van der Waals surface area contributed by atoms with Gasteiger partial charge in [-0.15, -0.1) is 12.4 Å². The van der Waals surface area contributed by atoms with Crippen LogP contribution in [0.4, 0.5) is 0 Å². The fourth-order valence-electron chi connectivity index (χ4n) is 1.44. The van der Waals surface area contributed by atoms with E-state index in [1.165, 1.54) is 0 Å². The molecule has 0 saturated carbocycles. The van der Waals surface area contributed by atoms with Gasteiger partial charge in [-0.25, -0.2) is 0 Å². The summed E-state index contributed by atoms with van der Waals surface area (Å²) in [6, 6.07) is 5.06. The summed E-state index contributed by atoms with van der Waals surface area (Å²) in [6.07, 6.45) is 0. The molecule has 0 aromatic heterocycles. The first kappa shape index (κ1) is 17.5. The van der Waals surface area contributed by atoms with Gasteiger partial charge in [0.1, 0.15) is 0 Å². The molecule has 0 radical (unpaired) electrons. The predicted octanol–water partition coefficient (Wildman–Crippen LogP) is 3.14. The van der Waals surface area contributed by atoms with Crippen LogP contribution in [0.1, 0.15) is 24.2 Å². The number of likely N-dealkylation sites (N-methyl/N-ethyl adjacent to an activating group) is 1. The second kappa shape index (κ2) is 8.59. The summed E-state index contributed by atoms with van der Waals surface area (Å²) in [4.78, 5) is 11.8. The van der Waals surface area contributed by atoms with Gasteiger partial charge >= 0.3 is 0 Å². The van der Waals surface area contributed by atoms with E-state index >= 15 is 0 Å². The first-order valence-corrected chi connectivity index (χ1v) is 6.26. The highest BCUT2D eigenvalue weighted by Gasteiger charge is 2.11. The largest absolute Gasteiger partial charge is 0.350 e. The zero-order valence-electron chi connectivity index (χ0n) is 10.3.